The SMILES string of the molecule is CCC(C)C(=O)Oc1ccc(OCCCCC2CN2)cc1. The molecule has 0 aliphatic carbocycles. The molecule has 1 N–H and O–H groups in total. The molecule has 0 radical (unpaired) electrons. The topological polar surface area (TPSA) is 57.5 Å². The van der Waals surface area contributed by atoms with Crippen LogP contribution in [-0.2, 0) is 4.79 Å². The number of hydrogen-bond acceptors (Lipinski definition) is 4. The third-order valence-corrected chi connectivity index (χ3v) is 3.77. The summed E-state index contributed by atoms with van der Waals surface area (Å²) in [5, 5.41) is 3.29. The number of carbonyl (C=O) groups is 1. The van der Waals surface area contributed by atoms with Crippen molar-refractivity contribution in [2.75, 3.05) is 13.2 Å². The minimum atomic E-state index is -0.181. The van der Waals surface area contributed by atoms with Gasteiger partial charge in [-0.2, -0.15) is 0 Å². The van der Waals surface area contributed by atoms with Gasteiger partial charge in [-0.15, -0.1) is 0 Å². The van der Waals surface area contributed by atoms with Crippen molar-refractivity contribution in [1.82, 2.24) is 5.32 Å². The Bertz CT molecular complexity index is 440. The first-order chi connectivity index (χ1) is 10.2. The molecule has 4 nitrogen and oxygen atoms in total. The van der Waals surface area contributed by atoms with Crippen LogP contribution < -0.4 is 14.8 Å². The van der Waals surface area contributed by atoms with Gasteiger partial charge >= 0.3 is 5.97 Å². The number of benzene rings is 1. The Morgan fingerprint density at radius 1 is 1.29 bits per heavy atom. The lowest BCUT2D eigenvalue weighted by molar-refractivity contribution is -0.138. The Morgan fingerprint density at radius 2 is 1.95 bits per heavy atom. The molecule has 2 unspecified atom stereocenters. The number of unbranched alkanes of at least 4 members (excludes halogenated alkanes) is 1. The van der Waals surface area contributed by atoms with Crippen molar-refractivity contribution >= 4 is 5.97 Å². The highest BCUT2D eigenvalue weighted by molar-refractivity contribution is 5.74. The number of ether oxygens (including phenoxy) is 2. The Balaban J connectivity index is 1.67. The van der Waals surface area contributed by atoms with Crippen LogP contribution in [0.4, 0.5) is 0 Å². The third-order valence-electron chi connectivity index (χ3n) is 3.77. The summed E-state index contributed by atoms with van der Waals surface area (Å²) >= 11 is 0. The van der Waals surface area contributed by atoms with Crippen molar-refractivity contribution in [3.05, 3.63) is 24.3 Å². The Labute approximate surface area is 126 Å². The second-order valence-corrected chi connectivity index (χ2v) is 5.65. The van der Waals surface area contributed by atoms with Gasteiger partial charge in [0.05, 0.1) is 12.5 Å². The lowest BCUT2D eigenvalue weighted by atomic mass is 10.1. The van der Waals surface area contributed by atoms with E-state index in [2.05, 4.69) is 5.32 Å². The molecule has 21 heavy (non-hydrogen) atoms. The molecule has 1 aliphatic heterocycles. The monoisotopic (exact) mass is 291 g/mol. The number of nitrogens with one attached hydrogen (secondary N) is 1. The number of rotatable bonds is 9. The van der Waals surface area contributed by atoms with Crippen LogP contribution in [0, 0.1) is 5.92 Å². The normalized spacial score (nSPS) is 18.1. The molecule has 0 spiro atoms. The summed E-state index contributed by atoms with van der Waals surface area (Å²) in [5.41, 5.74) is 0. The van der Waals surface area contributed by atoms with Gasteiger partial charge in [0, 0.05) is 12.6 Å². The molecule has 0 saturated carbocycles. The van der Waals surface area contributed by atoms with Crippen molar-refractivity contribution in [1.29, 1.82) is 0 Å². The zero-order chi connectivity index (χ0) is 15.1. The highest BCUT2D eigenvalue weighted by atomic mass is 16.5. The fourth-order valence-corrected chi connectivity index (χ4v) is 1.96. The van der Waals surface area contributed by atoms with Gasteiger partial charge in [0.1, 0.15) is 11.5 Å². The van der Waals surface area contributed by atoms with E-state index in [-0.39, 0.29) is 11.9 Å². The first-order valence-electron chi connectivity index (χ1n) is 7.87. The first kappa shape index (κ1) is 15.8. The molecule has 1 aliphatic rings. The summed E-state index contributed by atoms with van der Waals surface area (Å²) in [5.74, 6) is 1.15. The van der Waals surface area contributed by atoms with Crippen LogP contribution >= 0.6 is 0 Å². The highest BCUT2D eigenvalue weighted by Gasteiger charge is 2.18. The van der Waals surface area contributed by atoms with Crippen LogP contribution in [0.25, 0.3) is 0 Å². The maximum Gasteiger partial charge on any atom is 0.314 e. The van der Waals surface area contributed by atoms with Gasteiger partial charge in [0.25, 0.3) is 0 Å². The van der Waals surface area contributed by atoms with E-state index in [0.717, 1.165) is 31.2 Å². The standard InChI is InChI=1S/C17H25NO3/c1-3-13(2)17(19)21-16-9-7-15(8-10-16)20-11-5-4-6-14-12-18-14/h7-10,13-14,18H,3-6,11-12H2,1-2H3. The average Bonchev–Trinajstić information content (AvgIpc) is 3.32. The van der Waals surface area contributed by atoms with E-state index in [1.807, 2.05) is 26.0 Å². The Morgan fingerprint density at radius 3 is 2.57 bits per heavy atom. The molecule has 1 fully saturated rings. The van der Waals surface area contributed by atoms with E-state index in [9.17, 15) is 4.79 Å². The van der Waals surface area contributed by atoms with E-state index in [4.69, 9.17) is 9.47 Å². The second-order valence-electron chi connectivity index (χ2n) is 5.65. The molecule has 116 valence electrons. The summed E-state index contributed by atoms with van der Waals surface area (Å²) in [6, 6.07) is 8.01. The summed E-state index contributed by atoms with van der Waals surface area (Å²) in [6.07, 6.45) is 4.30. The van der Waals surface area contributed by atoms with Crippen molar-refractivity contribution in [3.8, 4) is 11.5 Å². The first-order valence-corrected chi connectivity index (χ1v) is 7.87. The molecule has 0 aromatic heterocycles. The van der Waals surface area contributed by atoms with Crippen molar-refractivity contribution in [2.45, 2.75) is 45.6 Å². The molecule has 2 atom stereocenters. The van der Waals surface area contributed by atoms with Gasteiger partial charge in [-0.3, -0.25) is 4.79 Å². The fourth-order valence-electron chi connectivity index (χ4n) is 1.96. The van der Waals surface area contributed by atoms with Crippen LogP contribution in [0.2, 0.25) is 0 Å². The third kappa shape index (κ3) is 5.76. The zero-order valence-electron chi connectivity index (χ0n) is 12.9. The molecule has 1 heterocycles. The van der Waals surface area contributed by atoms with Gasteiger partial charge in [-0.05, 0) is 49.9 Å². The van der Waals surface area contributed by atoms with E-state index in [1.54, 1.807) is 12.1 Å². The molecular formula is C17H25NO3. The Hall–Kier alpha value is -1.55. The summed E-state index contributed by atoms with van der Waals surface area (Å²) < 4.78 is 11.0. The number of carbonyl (C=O) groups excluding carboxylic acids is 1. The molecule has 1 aromatic carbocycles. The van der Waals surface area contributed by atoms with Gasteiger partial charge in [0.2, 0.25) is 0 Å². The van der Waals surface area contributed by atoms with Crippen LogP contribution in [0.3, 0.4) is 0 Å². The van der Waals surface area contributed by atoms with Crippen LogP contribution in [-0.4, -0.2) is 25.2 Å². The smallest absolute Gasteiger partial charge is 0.314 e. The van der Waals surface area contributed by atoms with Crippen molar-refractivity contribution in [3.63, 3.8) is 0 Å². The summed E-state index contributed by atoms with van der Waals surface area (Å²) in [7, 11) is 0. The number of hydrogen-bond donors (Lipinski definition) is 1. The van der Waals surface area contributed by atoms with E-state index in [0.29, 0.717) is 5.75 Å². The summed E-state index contributed by atoms with van der Waals surface area (Å²) in [6.45, 7) is 5.76. The van der Waals surface area contributed by atoms with E-state index >= 15 is 0 Å². The summed E-state index contributed by atoms with van der Waals surface area (Å²) in [4.78, 5) is 11.7. The van der Waals surface area contributed by atoms with Crippen molar-refractivity contribution < 1.29 is 14.3 Å². The van der Waals surface area contributed by atoms with E-state index in [1.165, 1.54) is 19.4 Å². The minimum absolute atomic E-state index is 0.0677. The number of esters is 1. The molecule has 1 saturated heterocycles. The van der Waals surface area contributed by atoms with Crippen molar-refractivity contribution in [2.24, 2.45) is 5.92 Å². The predicted octanol–water partition coefficient (Wildman–Crippen LogP) is 3.16. The maximum atomic E-state index is 11.7. The largest absolute Gasteiger partial charge is 0.494 e. The lowest BCUT2D eigenvalue weighted by Crippen LogP contribution is -2.16. The van der Waals surface area contributed by atoms with Crippen LogP contribution in [0.1, 0.15) is 39.5 Å². The fraction of sp³-hybridized carbons (Fsp3) is 0.588. The van der Waals surface area contributed by atoms with Crippen LogP contribution in [0.15, 0.2) is 24.3 Å². The predicted molar refractivity (Wildman–Crippen MR) is 82.7 cm³/mol. The van der Waals surface area contributed by atoms with E-state index < -0.39 is 0 Å². The zero-order valence-corrected chi connectivity index (χ0v) is 12.9. The highest BCUT2D eigenvalue weighted by Crippen LogP contribution is 2.19. The molecular weight excluding hydrogens is 266 g/mol. The van der Waals surface area contributed by atoms with Gasteiger partial charge in [-0.25, -0.2) is 0 Å². The molecule has 0 amide bonds. The Kier molecular flexibility index (Phi) is 6.05. The second kappa shape index (κ2) is 8.03. The molecule has 2 rings (SSSR count). The van der Waals surface area contributed by atoms with Gasteiger partial charge in [-0.1, -0.05) is 13.8 Å². The van der Waals surface area contributed by atoms with Gasteiger partial charge in [0.15, 0.2) is 0 Å². The minimum Gasteiger partial charge on any atom is -0.494 e. The van der Waals surface area contributed by atoms with Gasteiger partial charge < -0.3 is 14.8 Å². The lowest BCUT2D eigenvalue weighted by Gasteiger charge is -2.10. The van der Waals surface area contributed by atoms with Crippen LogP contribution in [0.5, 0.6) is 11.5 Å². The molecule has 4 heteroatoms. The maximum absolute atomic E-state index is 11.7. The quantitative estimate of drug-likeness (QED) is 0.328. The molecule has 1 aromatic rings. The molecule has 0 bridgehead atoms. The average molecular weight is 291 g/mol.